The van der Waals surface area contributed by atoms with Crippen molar-refractivity contribution in [1.29, 1.82) is 0 Å². The van der Waals surface area contributed by atoms with Crippen molar-refractivity contribution in [2.75, 3.05) is 0 Å². The van der Waals surface area contributed by atoms with Crippen LogP contribution in [0.2, 0.25) is 0 Å². The van der Waals surface area contributed by atoms with E-state index in [1.807, 2.05) is 36.7 Å². The highest BCUT2D eigenvalue weighted by atomic mass is 14.7. The number of aromatic nitrogens is 2. The number of pyridine rings is 2. The third kappa shape index (κ3) is 4.50. The van der Waals surface area contributed by atoms with Gasteiger partial charge in [0.2, 0.25) is 0 Å². The Morgan fingerprint density at radius 3 is 1.84 bits per heavy atom. The first-order valence-electron chi connectivity index (χ1n) is 15.8. The molecular weight excluding hydrogens is 532 g/mol. The minimum absolute atomic E-state index is 0.429. The van der Waals surface area contributed by atoms with E-state index in [4.69, 9.17) is 4.98 Å². The SMILES string of the molecule is CCC1C=CC(c2c3ccccc3c(-c3cccc4c(-c5cc(-c6ccccn6)ccn5)cccc34)c3ccccc23)CC1. The van der Waals surface area contributed by atoms with Gasteiger partial charge in [0.15, 0.2) is 0 Å². The van der Waals surface area contributed by atoms with Crippen LogP contribution in [0.1, 0.15) is 37.7 Å². The van der Waals surface area contributed by atoms with Gasteiger partial charge in [-0.15, -0.1) is 0 Å². The molecule has 0 saturated heterocycles. The normalized spacial score (nSPS) is 16.6. The van der Waals surface area contributed by atoms with Crippen molar-refractivity contribution in [2.24, 2.45) is 5.92 Å². The van der Waals surface area contributed by atoms with Gasteiger partial charge in [-0.1, -0.05) is 110 Å². The van der Waals surface area contributed by atoms with Crippen molar-refractivity contribution in [2.45, 2.75) is 32.1 Å². The summed E-state index contributed by atoms with van der Waals surface area (Å²) in [6, 6.07) is 41.7. The van der Waals surface area contributed by atoms with Crippen LogP contribution in [0, 0.1) is 5.92 Å². The van der Waals surface area contributed by atoms with Crippen molar-refractivity contribution in [3.63, 3.8) is 0 Å². The van der Waals surface area contributed by atoms with Gasteiger partial charge in [-0.25, -0.2) is 0 Å². The van der Waals surface area contributed by atoms with Crippen molar-refractivity contribution in [3.8, 4) is 33.6 Å². The Labute approximate surface area is 258 Å². The first kappa shape index (κ1) is 26.5. The van der Waals surface area contributed by atoms with Crippen LogP contribution < -0.4 is 0 Å². The molecule has 0 bridgehead atoms. The Morgan fingerprint density at radius 2 is 1.18 bits per heavy atom. The quantitative estimate of drug-likeness (QED) is 0.153. The van der Waals surface area contributed by atoms with Crippen molar-refractivity contribution >= 4 is 32.3 Å². The zero-order valence-corrected chi connectivity index (χ0v) is 24.9. The third-order valence-electron chi connectivity index (χ3n) is 9.52. The summed E-state index contributed by atoms with van der Waals surface area (Å²) in [5.74, 6) is 1.13. The molecular formula is C42H34N2. The lowest BCUT2D eigenvalue weighted by atomic mass is 9.78. The molecule has 0 saturated carbocycles. The second kappa shape index (κ2) is 11.2. The first-order chi connectivity index (χ1) is 21.8. The molecule has 0 N–H and O–H groups in total. The number of allylic oxidation sites excluding steroid dienone is 2. The maximum Gasteiger partial charge on any atom is 0.0714 e. The Balaban J connectivity index is 1.36. The van der Waals surface area contributed by atoms with E-state index in [2.05, 4.69) is 115 Å². The predicted octanol–water partition coefficient (Wildman–Crippen LogP) is 11.4. The van der Waals surface area contributed by atoms with Gasteiger partial charge in [-0.3, -0.25) is 9.97 Å². The van der Waals surface area contributed by atoms with E-state index in [1.54, 1.807) is 0 Å². The van der Waals surface area contributed by atoms with Crippen LogP contribution in [0.3, 0.4) is 0 Å². The van der Waals surface area contributed by atoms with E-state index in [0.29, 0.717) is 11.8 Å². The maximum atomic E-state index is 4.83. The molecule has 212 valence electrons. The second-order valence-corrected chi connectivity index (χ2v) is 12.0. The lowest BCUT2D eigenvalue weighted by Gasteiger charge is -2.26. The lowest BCUT2D eigenvalue weighted by Crippen LogP contribution is -2.08. The van der Waals surface area contributed by atoms with Gasteiger partial charge >= 0.3 is 0 Å². The molecule has 1 aliphatic rings. The monoisotopic (exact) mass is 566 g/mol. The molecule has 0 amide bonds. The molecule has 0 aliphatic heterocycles. The van der Waals surface area contributed by atoms with Crippen LogP contribution in [-0.4, -0.2) is 9.97 Å². The van der Waals surface area contributed by atoms with Crippen LogP contribution in [-0.2, 0) is 0 Å². The molecule has 2 heteroatoms. The van der Waals surface area contributed by atoms with E-state index < -0.39 is 0 Å². The van der Waals surface area contributed by atoms with Gasteiger partial charge in [0.1, 0.15) is 0 Å². The van der Waals surface area contributed by atoms with Crippen LogP contribution in [0.25, 0.3) is 66.0 Å². The Hall–Kier alpha value is -5.08. The molecule has 0 spiro atoms. The average molecular weight is 567 g/mol. The molecule has 0 fully saturated rings. The molecule has 2 nitrogen and oxygen atoms in total. The number of hydrogen-bond acceptors (Lipinski definition) is 2. The van der Waals surface area contributed by atoms with Gasteiger partial charge < -0.3 is 0 Å². The highest BCUT2D eigenvalue weighted by Crippen LogP contribution is 2.46. The highest BCUT2D eigenvalue weighted by Gasteiger charge is 2.23. The topological polar surface area (TPSA) is 25.8 Å². The molecule has 2 atom stereocenters. The average Bonchev–Trinajstić information content (AvgIpc) is 3.10. The zero-order valence-electron chi connectivity index (χ0n) is 24.9. The van der Waals surface area contributed by atoms with E-state index in [9.17, 15) is 0 Å². The number of fused-ring (bicyclic) bond motifs is 3. The molecule has 2 heterocycles. The van der Waals surface area contributed by atoms with Gasteiger partial charge in [0, 0.05) is 29.4 Å². The third-order valence-corrected chi connectivity index (χ3v) is 9.52. The minimum atomic E-state index is 0.429. The summed E-state index contributed by atoms with van der Waals surface area (Å²) in [5.41, 5.74) is 8.15. The molecule has 0 radical (unpaired) electrons. The molecule has 7 aromatic rings. The van der Waals surface area contributed by atoms with Gasteiger partial charge in [-0.05, 0) is 98.5 Å². The Bertz CT molecular complexity index is 2120. The fourth-order valence-electron chi connectivity index (χ4n) is 7.33. The number of rotatable bonds is 5. The minimum Gasteiger partial charge on any atom is -0.256 e. The summed E-state index contributed by atoms with van der Waals surface area (Å²) in [5, 5.41) is 7.81. The summed E-state index contributed by atoms with van der Waals surface area (Å²) >= 11 is 0. The van der Waals surface area contributed by atoms with E-state index >= 15 is 0 Å². The Morgan fingerprint density at radius 1 is 0.545 bits per heavy atom. The van der Waals surface area contributed by atoms with Crippen molar-refractivity contribution < 1.29 is 0 Å². The summed E-state index contributed by atoms with van der Waals surface area (Å²) in [6.45, 7) is 2.30. The van der Waals surface area contributed by atoms with Crippen molar-refractivity contribution in [1.82, 2.24) is 9.97 Å². The highest BCUT2D eigenvalue weighted by molar-refractivity contribution is 6.19. The number of nitrogens with zero attached hydrogens (tertiary/aromatic N) is 2. The van der Waals surface area contributed by atoms with Crippen LogP contribution in [0.15, 0.2) is 140 Å². The molecule has 2 aromatic heterocycles. The van der Waals surface area contributed by atoms with Gasteiger partial charge in [-0.2, -0.15) is 0 Å². The first-order valence-corrected chi connectivity index (χ1v) is 15.8. The van der Waals surface area contributed by atoms with E-state index in [-0.39, 0.29) is 0 Å². The number of benzene rings is 5. The van der Waals surface area contributed by atoms with Gasteiger partial charge in [0.05, 0.1) is 11.4 Å². The summed E-state index contributed by atoms with van der Waals surface area (Å²) < 4.78 is 0. The Kier molecular flexibility index (Phi) is 6.76. The van der Waals surface area contributed by atoms with Crippen molar-refractivity contribution in [3.05, 3.63) is 145 Å². The molecule has 1 aliphatic carbocycles. The smallest absolute Gasteiger partial charge is 0.0714 e. The second-order valence-electron chi connectivity index (χ2n) is 12.0. The standard InChI is InChI=1S/C42H34N2/c1-2-28-20-22-29(23-21-28)41-35-11-3-5-13-37(35)42(38-14-6-4-12-36(38)41)34-18-10-15-31-32(34)16-9-17-33(31)40-27-30(24-26-44-40)39-19-7-8-25-43-39/h3-20,22,24-29H,2,21,23H2,1H3. The predicted molar refractivity (Wildman–Crippen MR) is 186 cm³/mol. The number of hydrogen-bond donors (Lipinski definition) is 0. The molecule has 2 unspecified atom stereocenters. The lowest BCUT2D eigenvalue weighted by molar-refractivity contribution is 0.501. The fraction of sp³-hybridized carbons (Fsp3) is 0.143. The summed E-state index contributed by atoms with van der Waals surface area (Å²) in [6.07, 6.45) is 12.4. The molecule has 44 heavy (non-hydrogen) atoms. The molecule has 5 aromatic carbocycles. The molecule has 8 rings (SSSR count). The summed E-state index contributed by atoms with van der Waals surface area (Å²) in [4.78, 5) is 9.40. The van der Waals surface area contributed by atoms with E-state index in [0.717, 1.165) is 22.5 Å². The fourth-order valence-corrected chi connectivity index (χ4v) is 7.33. The zero-order chi connectivity index (χ0) is 29.5. The largest absolute Gasteiger partial charge is 0.256 e. The summed E-state index contributed by atoms with van der Waals surface area (Å²) in [7, 11) is 0. The van der Waals surface area contributed by atoms with Crippen LogP contribution in [0.5, 0.6) is 0 Å². The van der Waals surface area contributed by atoms with Crippen LogP contribution in [0.4, 0.5) is 0 Å². The van der Waals surface area contributed by atoms with E-state index in [1.165, 1.54) is 68.3 Å². The van der Waals surface area contributed by atoms with Gasteiger partial charge in [0.25, 0.3) is 0 Å². The maximum absolute atomic E-state index is 4.83. The van der Waals surface area contributed by atoms with Crippen LogP contribution >= 0.6 is 0 Å².